The molecule has 1 atom stereocenters. The number of carbonyl (C=O) groups is 1. The number of hydrogen-bond donors (Lipinski definition) is 5. The van der Waals surface area contributed by atoms with Gasteiger partial charge in [-0.1, -0.05) is 0 Å². The number of benzene rings is 2. The first-order valence-corrected chi connectivity index (χ1v) is 11.7. The van der Waals surface area contributed by atoms with Crippen molar-refractivity contribution in [3.63, 3.8) is 0 Å². The zero-order valence-electron chi connectivity index (χ0n) is 20.4. The van der Waals surface area contributed by atoms with Crippen LogP contribution in [-0.4, -0.2) is 58.5 Å². The molecule has 0 bridgehead atoms. The highest BCUT2D eigenvalue weighted by atomic mass is 19.4. The van der Waals surface area contributed by atoms with Crippen molar-refractivity contribution in [3.8, 4) is 40.2 Å². The molecular formula is C26H25F3N4O6. The lowest BCUT2D eigenvalue weighted by Gasteiger charge is -2.14. The van der Waals surface area contributed by atoms with Gasteiger partial charge in [-0.05, 0) is 54.6 Å². The number of carbonyl (C=O) groups excluding carboxylic acids is 1. The number of H-pyrrole nitrogens is 1. The average Bonchev–Trinajstić information content (AvgIpc) is 3.59. The van der Waals surface area contributed by atoms with E-state index in [4.69, 9.17) is 19.6 Å². The minimum atomic E-state index is -4.55. The number of rotatable bonds is 12. The Bertz CT molecular complexity index is 1400. The number of aliphatic hydroxyl groups is 1. The molecule has 2 heterocycles. The zero-order valence-corrected chi connectivity index (χ0v) is 20.4. The van der Waals surface area contributed by atoms with Crippen molar-refractivity contribution in [3.05, 3.63) is 72.1 Å². The maximum atomic E-state index is 12.8. The van der Waals surface area contributed by atoms with Gasteiger partial charge in [-0.25, -0.2) is 4.98 Å². The Morgan fingerprint density at radius 2 is 1.79 bits per heavy atom. The van der Waals surface area contributed by atoms with Gasteiger partial charge < -0.3 is 40.1 Å². The van der Waals surface area contributed by atoms with E-state index in [0.717, 1.165) is 6.20 Å². The number of halogens is 3. The van der Waals surface area contributed by atoms with Gasteiger partial charge in [-0.3, -0.25) is 4.79 Å². The summed E-state index contributed by atoms with van der Waals surface area (Å²) in [5.41, 5.74) is 4.80. The molecule has 0 aliphatic rings. The van der Waals surface area contributed by atoms with Crippen molar-refractivity contribution >= 4 is 5.91 Å². The summed E-state index contributed by atoms with van der Waals surface area (Å²) in [6, 6.07) is 14.1. The van der Waals surface area contributed by atoms with Crippen LogP contribution in [0.4, 0.5) is 13.2 Å². The quantitative estimate of drug-likeness (QED) is 0.169. The Balaban J connectivity index is 1.19. The van der Waals surface area contributed by atoms with Gasteiger partial charge in [0.25, 0.3) is 5.91 Å². The van der Waals surface area contributed by atoms with Crippen LogP contribution in [0.3, 0.4) is 0 Å². The minimum Gasteiger partial charge on any atom is -0.507 e. The average molecular weight is 547 g/mol. The Morgan fingerprint density at radius 1 is 1.08 bits per heavy atom. The number of nitrogens with zero attached hydrogens (tertiary/aromatic N) is 1. The molecule has 0 saturated heterocycles. The van der Waals surface area contributed by atoms with Crippen LogP contribution < -0.4 is 20.5 Å². The number of aromatic nitrogens is 2. The number of aliphatic hydroxyl groups excluding tert-OH is 1. The number of nitrogens with one attached hydrogen (secondary N) is 2. The Morgan fingerprint density at radius 3 is 2.49 bits per heavy atom. The van der Waals surface area contributed by atoms with Crippen molar-refractivity contribution in [1.29, 1.82) is 0 Å². The molecule has 0 saturated carbocycles. The number of furan rings is 1. The molecule has 1 unspecified atom stereocenters. The molecule has 1 amide bonds. The lowest BCUT2D eigenvalue weighted by atomic mass is 10.2. The first-order chi connectivity index (χ1) is 18.6. The molecule has 206 valence electrons. The van der Waals surface area contributed by atoms with Crippen molar-refractivity contribution in [2.75, 3.05) is 26.3 Å². The molecule has 6 N–H and O–H groups in total. The van der Waals surface area contributed by atoms with Crippen LogP contribution in [0, 0.1) is 0 Å². The Labute approximate surface area is 220 Å². The minimum absolute atomic E-state index is 0.0259. The van der Waals surface area contributed by atoms with Crippen molar-refractivity contribution in [2.45, 2.75) is 12.3 Å². The van der Waals surface area contributed by atoms with E-state index in [1.165, 1.54) is 24.3 Å². The highest BCUT2D eigenvalue weighted by Crippen LogP contribution is 2.32. The van der Waals surface area contributed by atoms with Crippen LogP contribution in [-0.2, 0) is 6.18 Å². The number of nitrogens with two attached hydrogens (primary N) is 1. The summed E-state index contributed by atoms with van der Waals surface area (Å²) in [4.78, 5) is 17.2. The van der Waals surface area contributed by atoms with Gasteiger partial charge in [-0.2, -0.15) is 13.2 Å². The van der Waals surface area contributed by atoms with E-state index in [-0.39, 0.29) is 42.7 Å². The summed E-state index contributed by atoms with van der Waals surface area (Å²) >= 11 is 0. The third kappa shape index (κ3) is 7.30. The predicted octanol–water partition coefficient (Wildman–Crippen LogP) is 3.57. The monoisotopic (exact) mass is 546 g/mol. The first-order valence-electron chi connectivity index (χ1n) is 11.7. The number of ether oxygens (including phenoxy) is 2. The summed E-state index contributed by atoms with van der Waals surface area (Å²) < 4.78 is 55.0. The van der Waals surface area contributed by atoms with Crippen molar-refractivity contribution < 1.29 is 42.1 Å². The van der Waals surface area contributed by atoms with Gasteiger partial charge in [-0.15, -0.1) is 0 Å². The molecule has 0 aliphatic carbocycles. The molecule has 39 heavy (non-hydrogen) atoms. The molecule has 4 aromatic rings. The lowest BCUT2D eigenvalue weighted by molar-refractivity contribution is -0.140. The highest BCUT2D eigenvalue weighted by Gasteiger charge is 2.34. The van der Waals surface area contributed by atoms with Crippen LogP contribution in [0.1, 0.15) is 16.1 Å². The van der Waals surface area contributed by atoms with Crippen LogP contribution in [0.25, 0.3) is 22.9 Å². The predicted molar refractivity (Wildman–Crippen MR) is 133 cm³/mol. The first kappa shape index (κ1) is 27.5. The van der Waals surface area contributed by atoms with E-state index in [0.29, 0.717) is 29.4 Å². The van der Waals surface area contributed by atoms with E-state index in [1.54, 1.807) is 30.3 Å². The van der Waals surface area contributed by atoms with E-state index in [2.05, 4.69) is 15.3 Å². The van der Waals surface area contributed by atoms with Gasteiger partial charge in [0, 0.05) is 24.8 Å². The number of phenols is 1. The smallest absolute Gasteiger partial charge is 0.434 e. The van der Waals surface area contributed by atoms with Gasteiger partial charge in [0.1, 0.15) is 42.3 Å². The number of alkyl halides is 3. The van der Waals surface area contributed by atoms with Gasteiger partial charge in [0.2, 0.25) is 0 Å². The van der Waals surface area contributed by atoms with Crippen LogP contribution in [0.15, 0.2) is 65.2 Å². The lowest BCUT2D eigenvalue weighted by Crippen LogP contribution is -2.33. The molecule has 0 aliphatic heterocycles. The fourth-order valence-corrected chi connectivity index (χ4v) is 3.49. The molecule has 10 nitrogen and oxygen atoms in total. The standard InChI is InChI=1S/C26H25F3N4O6/c27-26(28,29)23-13-32-25(33-23)22-8-7-21(39-22)15-1-3-17(4-2-15)38-14-16(34)12-31-9-10-37-18-5-6-20(35)19(11-18)24(30)36/h1-8,11,13,16,31,34-35H,9-10,12,14H2,(H2,30,36)(H,32,33). The van der Waals surface area contributed by atoms with Gasteiger partial charge in [0.05, 0.1) is 5.56 Å². The zero-order chi connectivity index (χ0) is 28.0. The molecule has 0 radical (unpaired) electrons. The summed E-state index contributed by atoms with van der Waals surface area (Å²) in [6.07, 6.45) is -4.57. The number of aromatic hydroxyl groups is 1. The second-order valence-corrected chi connectivity index (χ2v) is 8.38. The molecule has 4 rings (SSSR count). The molecule has 13 heteroatoms. The maximum absolute atomic E-state index is 12.8. The molecule has 2 aromatic heterocycles. The topological polar surface area (TPSA) is 156 Å². The highest BCUT2D eigenvalue weighted by molar-refractivity contribution is 5.95. The van der Waals surface area contributed by atoms with Crippen LogP contribution >= 0.6 is 0 Å². The van der Waals surface area contributed by atoms with E-state index < -0.39 is 23.9 Å². The summed E-state index contributed by atoms with van der Waals surface area (Å²) in [6.45, 7) is 0.911. The van der Waals surface area contributed by atoms with Gasteiger partial charge >= 0.3 is 6.18 Å². The van der Waals surface area contributed by atoms with E-state index in [9.17, 15) is 28.2 Å². The van der Waals surface area contributed by atoms with Crippen molar-refractivity contribution in [2.24, 2.45) is 5.73 Å². The molecule has 0 spiro atoms. The summed E-state index contributed by atoms with van der Waals surface area (Å²) in [7, 11) is 0. The normalized spacial score (nSPS) is 12.3. The SMILES string of the molecule is NC(=O)c1cc(OCCNCC(O)COc2ccc(-c3ccc(-c4nc(C(F)(F)F)c[nH]4)o3)cc2)ccc1O. The van der Waals surface area contributed by atoms with Crippen molar-refractivity contribution in [1.82, 2.24) is 15.3 Å². The Kier molecular flexibility index (Phi) is 8.42. The molecular weight excluding hydrogens is 521 g/mol. The second-order valence-electron chi connectivity index (χ2n) is 8.38. The maximum Gasteiger partial charge on any atom is 0.434 e. The third-order valence-electron chi connectivity index (χ3n) is 5.45. The number of amides is 1. The fraction of sp³-hybridized carbons (Fsp3) is 0.231. The van der Waals surface area contributed by atoms with E-state index in [1.807, 2.05) is 0 Å². The summed E-state index contributed by atoms with van der Waals surface area (Å²) in [5.74, 6) is 0.466. The second kappa shape index (κ2) is 11.9. The molecule has 0 fully saturated rings. The Hall–Kier alpha value is -4.49. The molecule has 2 aromatic carbocycles. The van der Waals surface area contributed by atoms with Gasteiger partial charge in [0.15, 0.2) is 17.3 Å². The summed E-state index contributed by atoms with van der Waals surface area (Å²) in [5, 5.41) is 22.8. The number of imidazole rings is 1. The van der Waals surface area contributed by atoms with Crippen LogP contribution in [0.5, 0.6) is 17.2 Å². The fourth-order valence-electron chi connectivity index (χ4n) is 3.49. The number of aromatic amines is 1. The number of hydrogen-bond acceptors (Lipinski definition) is 8. The third-order valence-corrected chi connectivity index (χ3v) is 5.45. The van der Waals surface area contributed by atoms with E-state index >= 15 is 0 Å². The number of primary amides is 1. The van der Waals surface area contributed by atoms with Crippen LogP contribution in [0.2, 0.25) is 0 Å². The largest absolute Gasteiger partial charge is 0.507 e.